The van der Waals surface area contributed by atoms with Gasteiger partial charge in [0.05, 0.1) is 18.6 Å². The molecule has 0 spiro atoms. The highest BCUT2D eigenvalue weighted by Gasteiger charge is 2.57. The smallest absolute Gasteiger partial charge is 0.317 e. The fourth-order valence-corrected chi connectivity index (χ4v) is 3.97. The van der Waals surface area contributed by atoms with Gasteiger partial charge in [-0.2, -0.15) is 0 Å². The van der Waals surface area contributed by atoms with E-state index in [0.29, 0.717) is 11.3 Å². The summed E-state index contributed by atoms with van der Waals surface area (Å²) in [4.78, 5) is 39.4. The van der Waals surface area contributed by atoms with Gasteiger partial charge in [-0.25, -0.2) is 0 Å². The van der Waals surface area contributed by atoms with E-state index >= 15 is 0 Å². The number of ketones is 1. The van der Waals surface area contributed by atoms with Gasteiger partial charge in [-0.05, 0) is 66.2 Å². The summed E-state index contributed by atoms with van der Waals surface area (Å²) in [7, 11) is 1.52. The number of carbonyl (C=O) groups is 3. The number of rotatable bonds is 4. The molecule has 0 aliphatic heterocycles. The highest BCUT2D eigenvalue weighted by molar-refractivity contribution is 6.03. The molecular weight excluding hydrogens is 400 g/mol. The van der Waals surface area contributed by atoms with Gasteiger partial charge in [0.1, 0.15) is 22.9 Å². The number of benzene rings is 1. The summed E-state index contributed by atoms with van der Waals surface area (Å²) in [5, 5.41) is 11.1. The van der Waals surface area contributed by atoms with Crippen molar-refractivity contribution in [3.63, 3.8) is 0 Å². The Labute approximate surface area is 184 Å². The summed E-state index contributed by atoms with van der Waals surface area (Å²) in [6.45, 7) is 11.7. The first-order valence-corrected chi connectivity index (χ1v) is 10.4. The molecular formula is C24H34O7. The van der Waals surface area contributed by atoms with Crippen LogP contribution >= 0.6 is 0 Å². The average Bonchev–Trinajstić information content (AvgIpc) is 2.56. The Balaban J connectivity index is 2.63. The second kappa shape index (κ2) is 8.61. The minimum atomic E-state index is -1.69. The molecule has 7 nitrogen and oxygen atoms in total. The van der Waals surface area contributed by atoms with Crippen molar-refractivity contribution >= 4 is 17.7 Å². The summed E-state index contributed by atoms with van der Waals surface area (Å²) < 4.78 is 16.3. The first-order valence-electron chi connectivity index (χ1n) is 10.4. The topological polar surface area (TPSA) is 99.1 Å². The van der Waals surface area contributed by atoms with Crippen LogP contribution in [0.4, 0.5) is 0 Å². The molecule has 0 heterocycles. The van der Waals surface area contributed by atoms with Crippen LogP contribution in [0.1, 0.15) is 66.4 Å². The molecule has 1 aliphatic carbocycles. The molecule has 1 saturated carbocycles. The predicted molar refractivity (Wildman–Crippen MR) is 115 cm³/mol. The van der Waals surface area contributed by atoms with Crippen molar-refractivity contribution in [2.75, 3.05) is 7.11 Å². The van der Waals surface area contributed by atoms with Crippen molar-refractivity contribution in [1.82, 2.24) is 0 Å². The van der Waals surface area contributed by atoms with Gasteiger partial charge in [-0.1, -0.05) is 12.1 Å². The van der Waals surface area contributed by atoms with E-state index in [1.165, 1.54) is 14.0 Å². The Kier molecular flexibility index (Phi) is 6.91. The third kappa shape index (κ3) is 6.06. The van der Waals surface area contributed by atoms with Crippen molar-refractivity contribution in [2.24, 2.45) is 11.8 Å². The molecule has 1 aromatic carbocycles. The Morgan fingerprint density at radius 3 is 1.90 bits per heavy atom. The second-order valence-electron chi connectivity index (χ2n) is 10.3. The monoisotopic (exact) mass is 434 g/mol. The van der Waals surface area contributed by atoms with E-state index in [1.807, 2.05) is 0 Å². The zero-order chi connectivity index (χ0) is 23.8. The molecule has 0 bridgehead atoms. The number of hydrogen-bond acceptors (Lipinski definition) is 7. The van der Waals surface area contributed by atoms with Crippen molar-refractivity contribution in [1.29, 1.82) is 0 Å². The number of methoxy groups -OCH3 is 1. The zero-order valence-corrected chi connectivity index (χ0v) is 19.6. The number of ether oxygens (including phenoxy) is 3. The average molecular weight is 435 g/mol. The molecule has 1 N–H and O–H groups in total. The maximum Gasteiger partial charge on any atom is 0.317 e. The number of aliphatic hydroxyl groups is 1. The second-order valence-corrected chi connectivity index (χ2v) is 10.3. The molecule has 172 valence electrons. The first kappa shape index (κ1) is 24.9. The van der Waals surface area contributed by atoms with Gasteiger partial charge in [0.25, 0.3) is 0 Å². The van der Waals surface area contributed by atoms with Crippen molar-refractivity contribution in [3.05, 3.63) is 29.8 Å². The standard InChI is InChI=1S/C24H34O7/c1-22(2,3)30-20(26)18-16(25)13-24(7,28)19(21(27)31-23(4,5)6)17(18)14-9-11-15(29-8)12-10-14/h9-12,17-19,28H,13H2,1-8H3/t17-,18-,19+,24+/m0/s1. The minimum absolute atomic E-state index is 0.354. The fraction of sp³-hybridized carbons (Fsp3) is 0.625. The maximum atomic E-state index is 13.2. The Morgan fingerprint density at radius 2 is 1.45 bits per heavy atom. The van der Waals surface area contributed by atoms with Crippen LogP contribution in [0.3, 0.4) is 0 Å². The van der Waals surface area contributed by atoms with Gasteiger partial charge >= 0.3 is 11.9 Å². The lowest BCUT2D eigenvalue weighted by Gasteiger charge is -2.44. The number of carbonyl (C=O) groups excluding carboxylic acids is 3. The molecule has 1 aromatic rings. The summed E-state index contributed by atoms with van der Waals surface area (Å²) >= 11 is 0. The van der Waals surface area contributed by atoms with Gasteiger partial charge in [0.2, 0.25) is 0 Å². The Hall–Kier alpha value is -2.41. The molecule has 0 amide bonds. The molecule has 7 heteroatoms. The van der Waals surface area contributed by atoms with Crippen LogP contribution in [0, 0.1) is 11.8 Å². The normalized spacial score (nSPS) is 26.9. The lowest BCUT2D eigenvalue weighted by atomic mass is 9.61. The SMILES string of the molecule is COc1ccc([C@H]2[C@@H](C(=O)OC(C)(C)C)C(=O)C[C@@](C)(O)[C@H]2C(=O)OC(C)(C)C)cc1. The first-order chi connectivity index (χ1) is 14.1. The van der Waals surface area contributed by atoms with Crippen LogP contribution in [-0.4, -0.2) is 46.7 Å². The van der Waals surface area contributed by atoms with Crippen LogP contribution in [-0.2, 0) is 23.9 Å². The van der Waals surface area contributed by atoms with Crippen LogP contribution < -0.4 is 4.74 Å². The van der Waals surface area contributed by atoms with Crippen molar-refractivity contribution in [2.45, 2.75) is 77.6 Å². The van der Waals surface area contributed by atoms with Crippen molar-refractivity contribution < 1.29 is 33.7 Å². The lowest BCUT2D eigenvalue weighted by molar-refractivity contribution is -0.182. The highest BCUT2D eigenvalue weighted by atomic mass is 16.6. The van der Waals surface area contributed by atoms with Crippen LogP contribution in [0.15, 0.2) is 24.3 Å². The molecule has 0 radical (unpaired) electrons. The van der Waals surface area contributed by atoms with Crippen LogP contribution in [0.5, 0.6) is 5.75 Å². The highest BCUT2D eigenvalue weighted by Crippen LogP contribution is 2.47. The number of esters is 2. The molecule has 1 aliphatic rings. The summed E-state index contributed by atoms with van der Waals surface area (Å²) in [6, 6.07) is 6.74. The molecule has 4 atom stereocenters. The number of Topliss-reactive ketones (excluding diaryl/α,β-unsaturated/α-hetero) is 1. The lowest BCUT2D eigenvalue weighted by Crippen LogP contribution is -2.56. The minimum Gasteiger partial charge on any atom is -0.497 e. The van der Waals surface area contributed by atoms with Gasteiger partial charge in [0.15, 0.2) is 5.78 Å². The Bertz CT molecular complexity index is 825. The molecule has 0 aromatic heterocycles. The predicted octanol–water partition coefficient (Wildman–Crippen LogP) is 3.42. The summed E-state index contributed by atoms with van der Waals surface area (Å²) in [5.74, 6) is -4.62. The van der Waals surface area contributed by atoms with E-state index in [2.05, 4.69) is 0 Å². The largest absolute Gasteiger partial charge is 0.497 e. The van der Waals surface area contributed by atoms with Gasteiger partial charge in [0, 0.05) is 12.3 Å². The maximum absolute atomic E-state index is 13.2. The molecule has 0 saturated heterocycles. The van der Waals surface area contributed by atoms with Gasteiger partial charge < -0.3 is 19.3 Å². The van der Waals surface area contributed by atoms with E-state index in [1.54, 1.807) is 65.8 Å². The van der Waals surface area contributed by atoms with E-state index in [-0.39, 0.29) is 6.42 Å². The third-order valence-corrected chi connectivity index (χ3v) is 5.09. The molecule has 0 unspecified atom stereocenters. The zero-order valence-electron chi connectivity index (χ0n) is 19.6. The van der Waals surface area contributed by atoms with Gasteiger partial charge in [-0.15, -0.1) is 0 Å². The third-order valence-electron chi connectivity index (χ3n) is 5.09. The summed E-state index contributed by atoms with van der Waals surface area (Å²) in [5.41, 5.74) is -2.77. The van der Waals surface area contributed by atoms with E-state index in [0.717, 1.165) is 0 Å². The molecule has 2 rings (SSSR count). The van der Waals surface area contributed by atoms with E-state index < -0.39 is 52.3 Å². The van der Waals surface area contributed by atoms with E-state index in [4.69, 9.17) is 14.2 Å². The van der Waals surface area contributed by atoms with Crippen LogP contribution in [0.25, 0.3) is 0 Å². The van der Waals surface area contributed by atoms with E-state index in [9.17, 15) is 19.5 Å². The quantitative estimate of drug-likeness (QED) is 0.573. The van der Waals surface area contributed by atoms with Crippen LogP contribution in [0.2, 0.25) is 0 Å². The molecule has 1 fully saturated rings. The van der Waals surface area contributed by atoms with Gasteiger partial charge in [-0.3, -0.25) is 14.4 Å². The summed E-state index contributed by atoms with van der Waals surface area (Å²) in [6.07, 6.45) is -0.354. The van der Waals surface area contributed by atoms with Crippen molar-refractivity contribution in [3.8, 4) is 5.75 Å². The fourth-order valence-electron chi connectivity index (χ4n) is 3.97. The Morgan fingerprint density at radius 1 is 0.968 bits per heavy atom. The number of hydrogen-bond donors (Lipinski definition) is 1. The molecule has 31 heavy (non-hydrogen) atoms.